The Morgan fingerprint density at radius 2 is 2.14 bits per heavy atom. The van der Waals surface area contributed by atoms with Crippen LogP contribution in [0, 0.1) is 6.92 Å². The molecule has 1 heterocycles. The summed E-state index contributed by atoms with van der Waals surface area (Å²) in [5, 5.41) is 3.43. The average Bonchev–Trinajstić information content (AvgIpc) is 2.52. The zero-order chi connectivity index (χ0) is 14.7. The van der Waals surface area contributed by atoms with Gasteiger partial charge in [-0.25, -0.2) is 9.97 Å². The van der Waals surface area contributed by atoms with Gasteiger partial charge in [-0.15, -0.1) is 0 Å². The predicted molar refractivity (Wildman–Crippen MR) is 85.3 cm³/mol. The van der Waals surface area contributed by atoms with Gasteiger partial charge in [0.1, 0.15) is 5.82 Å². The molecular weight excluding hydrogens is 258 g/mol. The maximum Gasteiger partial charge on any atom is 0.125 e. The standard InChI is InChI=1S/C18H23N3/c1-13-20-11-10-17(21-13)18(19-2)12-15-8-5-7-14-6-3-4-9-16(14)15/h3-4,6,9-11,15,18-19H,5,7-8,12H2,1-2H3. The lowest BCUT2D eigenvalue weighted by atomic mass is 9.79. The van der Waals surface area contributed by atoms with Crippen LogP contribution in [0.2, 0.25) is 0 Å². The van der Waals surface area contributed by atoms with E-state index in [0.29, 0.717) is 12.0 Å². The average molecular weight is 281 g/mol. The van der Waals surface area contributed by atoms with Crippen molar-refractivity contribution in [1.82, 2.24) is 15.3 Å². The molecule has 0 saturated heterocycles. The number of rotatable bonds is 4. The third kappa shape index (κ3) is 3.13. The number of hydrogen-bond acceptors (Lipinski definition) is 3. The normalized spacial score (nSPS) is 19.0. The van der Waals surface area contributed by atoms with Crippen molar-refractivity contribution >= 4 is 0 Å². The van der Waals surface area contributed by atoms with E-state index in [-0.39, 0.29) is 0 Å². The molecule has 21 heavy (non-hydrogen) atoms. The molecule has 2 aromatic rings. The fraction of sp³-hybridized carbons (Fsp3) is 0.444. The molecule has 0 aliphatic heterocycles. The van der Waals surface area contributed by atoms with Crippen molar-refractivity contribution in [2.24, 2.45) is 0 Å². The Morgan fingerprint density at radius 1 is 1.29 bits per heavy atom. The highest BCUT2D eigenvalue weighted by Gasteiger charge is 2.24. The van der Waals surface area contributed by atoms with Crippen LogP contribution >= 0.6 is 0 Å². The highest BCUT2D eigenvalue weighted by molar-refractivity contribution is 5.33. The molecule has 1 aliphatic rings. The summed E-state index contributed by atoms with van der Waals surface area (Å²) < 4.78 is 0. The number of nitrogens with zero attached hydrogens (tertiary/aromatic N) is 2. The van der Waals surface area contributed by atoms with E-state index >= 15 is 0 Å². The quantitative estimate of drug-likeness (QED) is 0.931. The van der Waals surface area contributed by atoms with Crippen LogP contribution in [0.5, 0.6) is 0 Å². The van der Waals surface area contributed by atoms with Crippen LogP contribution in [0.1, 0.15) is 53.9 Å². The predicted octanol–water partition coefficient (Wildman–Crippen LogP) is 3.56. The third-order valence-electron chi connectivity index (χ3n) is 4.52. The van der Waals surface area contributed by atoms with Gasteiger partial charge in [0, 0.05) is 12.2 Å². The van der Waals surface area contributed by atoms with Crippen molar-refractivity contribution in [3.8, 4) is 0 Å². The molecular formula is C18H23N3. The molecule has 0 bridgehead atoms. The molecule has 1 aromatic carbocycles. The van der Waals surface area contributed by atoms with Crippen molar-refractivity contribution in [2.75, 3.05) is 7.05 Å². The second kappa shape index (κ2) is 6.35. The maximum absolute atomic E-state index is 4.59. The number of aromatic nitrogens is 2. The Morgan fingerprint density at radius 3 is 2.95 bits per heavy atom. The fourth-order valence-corrected chi connectivity index (χ4v) is 3.44. The lowest BCUT2D eigenvalue weighted by molar-refractivity contribution is 0.433. The first-order valence-electron chi connectivity index (χ1n) is 7.82. The molecule has 0 saturated carbocycles. The zero-order valence-electron chi connectivity index (χ0n) is 12.8. The minimum atomic E-state index is 0.294. The van der Waals surface area contributed by atoms with Crippen LogP contribution in [0.3, 0.4) is 0 Å². The topological polar surface area (TPSA) is 37.8 Å². The highest BCUT2D eigenvalue weighted by atomic mass is 14.9. The molecule has 0 amide bonds. The van der Waals surface area contributed by atoms with Crippen LogP contribution in [0.4, 0.5) is 0 Å². The first kappa shape index (κ1) is 14.2. The Labute approximate surface area is 126 Å². The smallest absolute Gasteiger partial charge is 0.125 e. The van der Waals surface area contributed by atoms with Gasteiger partial charge < -0.3 is 5.32 Å². The molecule has 1 N–H and O–H groups in total. The Balaban J connectivity index is 1.82. The molecule has 0 fully saturated rings. The molecule has 1 aliphatic carbocycles. The van der Waals surface area contributed by atoms with Gasteiger partial charge in [0.05, 0.1) is 5.69 Å². The van der Waals surface area contributed by atoms with Crippen molar-refractivity contribution in [3.05, 3.63) is 59.2 Å². The fourth-order valence-electron chi connectivity index (χ4n) is 3.44. The zero-order valence-corrected chi connectivity index (χ0v) is 12.8. The van der Waals surface area contributed by atoms with Gasteiger partial charge in [-0.3, -0.25) is 0 Å². The third-order valence-corrected chi connectivity index (χ3v) is 4.52. The van der Waals surface area contributed by atoms with Gasteiger partial charge >= 0.3 is 0 Å². The summed E-state index contributed by atoms with van der Waals surface area (Å²) in [7, 11) is 2.02. The summed E-state index contributed by atoms with van der Waals surface area (Å²) >= 11 is 0. The summed E-state index contributed by atoms with van der Waals surface area (Å²) in [6.45, 7) is 1.95. The molecule has 3 heteroatoms. The number of benzene rings is 1. The second-order valence-corrected chi connectivity index (χ2v) is 5.89. The summed E-state index contributed by atoms with van der Waals surface area (Å²) in [5.41, 5.74) is 4.17. The van der Waals surface area contributed by atoms with E-state index in [1.54, 1.807) is 0 Å². The van der Waals surface area contributed by atoms with Gasteiger partial charge in [-0.2, -0.15) is 0 Å². The minimum absolute atomic E-state index is 0.294. The largest absolute Gasteiger partial charge is 0.312 e. The van der Waals surface area contributed by atoms with Gasteiger partial charge in [0.2, 0.25) is 0 Å². The Bertz CT molecular complexity index is 609. The lowest BCUT2D eigenvalue weighted by Crippen LogP contribution is -2.22. The van der Waals surface area contributed by atoms with E-state index in [4.69, 9.17) is 0 Å². The van der Waals surface area contributed by atoms with Gasteiger partial charge in [0.25, 0.3) is 0 Å². The van der Waals surface area contributed by atoms with E-state index in [1.807, 2.05) is 26.2 Å². The van der Waals surface area contributed by atoms with E-state index in [0.717, 1.165) is 17.9 Å². The number of fused-ring (bicyclic) bond motifs is 1. The Hall–Kier alpha value is -1.74. The number of hydrogen-bond donors (Lipinski definition) is 1. The number of aryl methyl sites for hydroxylation is 2. The van der Waals surface area contributed by atoms with Crippen LogP contribution in [0.25, 0.3) is 0 Å². The maximum atomic E-state index is 4.59. The van der Waals surface area contributed by atoms with E-state index in [1.165, 1.54) is 30.4 Å². The number of nitrogens with one attached hydrogen (secondary N) is 1. The molecule has 1 aromatic heterocycles. The van der Waals surface area contributed by atoms with Crippen LogP contribution in [-0.2, 0) is 6.42 Å². The van der Waals surface area contributed by atoms with Crippen molar-refractivity contribution in [2.45, 2.75) is 44.6 Å². The second-order valence-electron chi connectivity index (χ2n) is 5.89. The van der Waals surface area contributed by atoms with Crippen molar-refractivity contribution in [1.29, 1.82) is 0 Å². The van der Waals surface area contributed by atoms with Gasteiger partial charge in [0.15, 0.2) is 0 Å². The first-order valence-corrected chi connectivity index (χ1v) is 7.82. The SMILES string of the molecule is CNC(CC1CCCc2ccccc21)c1ccnc(C)n1. The molecule has 110 valence electrons. The Kier molecular flexibility index (Phi) is 4.30. The summed E-state index contributed by atoms with van der Waals surface area (Å²) in [5.74, 6) is 1.47. The van der Waals surface area contributed by atoms with Crippen LogP contribution in [0.15, 0.2) is 36.5 Å². The summed E-state index contributed by atoms with van der Waals surface area (Å²) in [4.78, 5) is 8.79. The van der Waals surface area contributed by atoms with Crippen molar-refractivity contribution < 1.29 is 0 Å². The van der Waals surface area contributed by atoms with Crippen molar-refractivity contribution in [3.63, 3.8) is 0 Å². The van der Waals surface area contributed by atoms with Gasteiger partial charge in [-0.05, 0) is 62.8 Å². The first-order chi connectivity index (χ1) is 10.3. The van der Waals surface area contributed by atoms with Crippen LogP contribution in [-0.4, -0.2) is 17.0 Å². The van der Waals surface area contributed by atoms with Crippen LogP contribution < -0.4 is 5.32 Å². The van der Waals surface area contributed by atoms with E-state index in [2.05, 4.69) is 39.6 Å². The minimum Gasteiger partial charge on any atom is -0.312 e. The molecule has 2 atom stereocenters. The monoisotopic (exact) mass is 281 g/mol. The summed E-state index contributed by atoms with van der Waals surface area (Å²) in [6.07, 6.45) is 6.75. The molecule has 2 unspecified atom stereocenters. The highest BCUT2D eigenvalue weighted by Crippen LogP contribution is 2.37. The molecule has 0 spiro atoms. The summed E-state index contributed by atoms with van der Waals surface area (Å²) in [6, 6.07) is 11.2. The molecule has 3 rings (SSSR count). The molecule has 3 nitrogen and oxygen atoms in total. The molecule has 0 radical (unpaired) electrons. The van der Waals surface area contributed by atoms with E-state index in [9.17, 15) is 0 Å². The lowest BCUT2D eigenvalue weighted by Gasteiger charge is -2.28. The van der Waals surface area contributed by atoms with Gasteiger partial charge in [-0.1, -0.05) is 24.3 Å². The van der Waals surface area contributed by atoms with E-state index < -0.39 is 0 Å².